The third-order valence-electron chi connectivity index (χ3n) is 3.85. The van der Waals surface area contributed by atoms with Crippen LogP contribution in [0.3, 0.4) is 0 Å². The quantitative estimate of drug-likeness (QED) is 0.765. The van der Waals surface area contributed by atoms with Crippen molar-refractivity contribution in [3.63, 3.8) is 0 Å². The number of hydrogen-bond donors (Lipinski definition) is 0. The Morgan fingerprint density at radius 3 is 2.86 bits per heavy atom. The minimum Gasteiger partial charge on any atom is -0.496 e. The molecule has 2 saturated heterocycles. The van der Waals surface area contributed by atoms with E-state index in [1.807, 2.05) is 0 Å². The third kappa shape index (κ3) is 2.53. The van der Waals surface area contributed by atoms with E-state index in [0.717, 1.165) is 5.56 Å². The van der Waals surface area contributed by atoms with Crippen molar-refractivity contribution in [2.45, 2.75) is 12.6 Å². The largest absolute Gasteiger partial charge is 0.496 e. The Kier molecular flexibility index (Phi) is 4.00. The number of ether oxygens (including phenoxy) is 3. The van der Waals surface area contributed by atoms with Gasteiger partial charge in [-0.2, -0.15) is 0 Å². The van der Waals surface area contributed by atoms with Gasteiger partial charge in [0.05, 0.1) is 39.9 Å². The molecule has 2 aliphatic heterocycles. The van der Waals surface area contributed by atoms with Gasteiger partial charge in [-0.05, 0) is 17.7 Å². The maximum absolute atomic E-state index is 12.2. The van der Waals surface area contributed by atoms with E-state index in [-0.39, 0.29) is 24.5 Å². The van der Waals surface area contributed by atoms with Gasteiger partial charge in [0, 0.05) is 0 Å². The number of benzene rings is 1. The molecule has 0 N–H and O–H groups in total. The van der Waals surface area contributed by atoms with Gasteiger partial charge in [0.15, 0.2) is 0 Å². The fraction of sp³-hybridized carbons (Fsp3) is 0.467. The molecule has 0 aromatic heterocycles. The molecule has 7 heteroatoms. The number of methoxy groups -OCH3 is 2. The molecule has 2 atom stereocenters. The molecular formula is C15H17NO6. The number of hydrogen-bond acceptors (Lipinski definition) is 6. The van der Waals surface area contributed by atoms with Crippen LogP contribution in [0.5, 0.6) is 5.75 Å². The van der Waals surface area contributed by atoms with Gasteiger partial charge in [0.1, 0.15) is 17.4 Å². The second kappa shape index (κ2) is 5.94. The Balaban J connectivity index is 1.78. The number of carbonyl (C=O) groups excluding carboxylic acids is 2. The molecule has 2 aliphatic rings. The summed E-state index contributed by atoms with van der Waals surface area (Å²) in [6.07, 6.45) is -0.203. The second-order valence-corrected chi connectivity index (χ2v) is 5.19. The van der Waals surface area contributed by atoms with E-state index in [1.165, 1.54) is 19.3 Å². The molecule has 1 aromatic carbocycles. The zero-order valence-corrected chi connectivity index (χ0v) is 12.4. The molecule has 2 fully saturated rings. The van der Waals surface area contributed by atoms with Gasteiger partial charge in [-0.1, -0.05) is 6.07 Å². The number of esters is 1. The van der Waals surface area contributed by atoms with Crippen molar-refractivity contribution in [1.82, 2.24) is 5.06 Å². The van der Waals surface area contributed by atoms with Crippen LogP contribution in [0.15, 0.2) is 18.2 Å². The third-order valence-corrected chi connectivity index (χ3v) is 3.85. The molecule has 2 heterocycles. The van der Waals surface area contributed by atoms with E-state index in [0.29, 0.717) is 24.5 Å². The Morgan fingerprint density at radius 1 is 1.36 bits per heavy atom. The molecule has 7 nitrogen and oxygen atoms in total. The minimum absolute atomic E-state index is 0.0852. The van der Waals surface area contributed by atoms with Crippen molar-refractivity contribution in [1.29, 1.82) is 0 Å². The first-order chi connectivity index (χ1) is 10.6. The highest BCUT2D eigenvalue weighted by Crippen LogP contribution is 2.29. The summed E-state index contributed by atoms with van der Waals surface area (Å²) in [6.45, 7) is 1.10. The van der Waals surface area contributed by atoms with Crippen molar-refractivity contribution in [2.24, 2.45) is 5.92 Å². The van der Waals surface area contributed by atoms with Crippen LogP contribution in [0, 0.1) is 5.92 Å². The molecule has 3 rings (SSSR count). The second-order valence-electron chi connectivity index (χ2n) is 5.19. The lowest BCUT2D eigenvalue weighted by molar-refractivity contribution is -0.180. The highest BCUT2D eigenvalue weighted by atomic mass is 16.7. The first-order valence-electron chi connectivity index (χ1n) is 6.95. The SMILES string of the molecule is COC(=O)c1cc(CN2OC3COCC3C2=O)ccc1OC. The summed E-state index contributed by atoms with van der Waals surface area (Å²) in [5.74, 6) is -0.372. The van der Waals surface area contributed by atoms with E-state index >= 15 is 0 Å². The lowest BCUT2D eigenvalue weighted by atomic mass is 10.1. The van der Waals surface area contributed by atoms with Crippen LogP contribution in [-0.4, -0.2) is 50.5 Å². The molecule has 2 unspecified atom stereocenters. The Morgan fingerprint density at radius 2 is 2.18 bits per heavy atom. The van der Waals surface area contributed by atoms with E-state index in [4.69, 9.17) is 19.0 Å². The fourth-order valence-electron chi connectivity index (χ4n) is 2.67. The topological polar surface area (TPSA) is 74.3 Å². The van der Waals surface area contributed by atoms with Crippen molar-refractivity contribution in [3.8, 4) is 5.75 Å². The molecule has 0 spiro atoms. The summed E-state index contributed by atoms with van der Waals surface area (Å²) in [5, 5.41) is 1.33. The van der Waals surface area contributed by atoms with Crippen LogP contribution >= 0.6 is 0 Å². The van der Waals surface area contributed by atoms with Crippen molar-refractivity contribution in [2.75, 3.05) is 27.4 Å². The van der Waals surface area contributed by atoms with Crippen molar-refractivity contribution < 1.29 is 28.6 Å². The highest BCUT2D eigenvalue weighted by Gasteiger charge is 2.45. The number of hydroxylamine groups is 2. The Hall–Kier alpha value is -2.12. The zero-order valence-electron chi connectivity index (χ0n) is 12.4. The molecule has 0 radical (unpaired) electrons. The maximum Gasteiger partial charge on any atom is 0.341 e. The smallest absolute Gasteiger partial charge is 0.341 e. The molecule has 1 aromatic rings. The number of amides is 1. The van der Waals surface area contributed by atoms with Gasteiger partial charge >= 0.3 is 5.97 Å². The van der Waals surface area contributed by atoms with Crippen LogP contribution in [-0.2, 0) is 25.7 Å². The highest BCUT2D eigenvalue weighted by molar-refractivity contribution is 5.92. The summed E-state index contributed by atoms with van der Waals surface area (Å²) < 4.78 is 15.1. The predicted molar refractivity (Wildman–Crippen MR) is 74.1 cm³/mol. The zero-order chi connectivity index (χ0) is 15.7. The van der Waals surface area contributed by atoms with Gasteiger partial charge in [-0.15, -0.1) is 0 Å². The van der Waals surface area contributed by atoms with Gasteiger partial charge in [-0.3, -0.25) is 9.63 Å². The van der Waals surface area contributed by atoms with Gasteiger partial charge in [0.25, 0.3) is 5.91 Å². The minimum atomic E-state index is -0.488. The van der Waals surface area contributed by atoms with Crippen molar-refractivity contribution >= 4 is 11.9 Å². The molecular weight excluding hydrogens is 290 g/mol. The summed E-state index contributed by atoms with van der Waals surface area (Å²) in [7, 11) is 2.79. The van der Waals surface area contributed by atoms with Crippen LogP contribution in [0.2, 0.25) is 0 Å². The lowest BCUT2D eigenvalue weighted by Gasteiger charge is -2.17. The molecule has 22 heavy (non-hydrogen) atoms. The van der Waals surface area contributed by atoms with Gasteiger partial charge in [0.2, 0.25) is 0 Å². The first-order valence-corrected chi connectivity index (χ1v) is 6.95. The van der Waals surface area contributed by atoms with Crippen LogP contribution < -0.4 is 4.74 Å². The summed E-state index contributed by atoms with van der Waals surface area (Å²) >= 11 is 0. The summed E-state index contributed by atoms with van der Waals surface area (Å²) in [4.78, 5) is 29.6. The fourth-order valence-corrected chi connectivity index (χ4v) is 2.67. The molecule has 118 valence electrons. The molecule has 0 aliphatic carbocycles. The van der Waals surface area contributed by atoms with Gasteiger partial charge < -0.3 is 14.2 Å². The van der Waals surface area contributed by atoms with Crippen molar-refractivity contribution in [3.05, 3.63) is 29.3 Å². The van der Waals surface area contributed by atoms with Crippen LogP contribution in [0.25, 0.3) is 0 Å². The van der Waals surface area contributed by atoms with E-state index in [2.05, 4.69) is 0 Å². The number of rotatable bonds is 4. The number of carbonyl (C=O) groups is 2. The van der Waals surface area contributed by atoms with Crippen LogP contribution in [0.4, 0.5) is 0 Å². The lowest BCUT2D eigenvalue weighted by Crippen LogP contribution is -2.27. The average molecular weight is 307 g/mol. The Bertz CT molecular complexity index is 602. The number of nitrogens with zero attached hydrogens (tertiary/aromatic N) is 1. The normalized spacial score (nSPS) is 23.5. The first kappa shape index (κ1) is 14.8. The molecule has 0 bridgehead atoms. The maximum atomic E-state index is 12.2. The molecule has 1 amide bonds. The van der Waals surface area contributed by atoms with E-state index in [9.17, 15) is 9.59 Å². The standard InChI is InChI=1S/C15H17NO6/c1-19-12-4-3-9(5-10(12)15(18)20-2)6-16-14(17)11-7-21-8-13(11)22-16/h3-5,11,13H,6-8H2,1-2H3. The number of fused-ring (bicyclic) bond motifs is 1. The molecule has 0 saturated carbocycles. The average Bonchev–Trinajstić information content (AvgIpc) is 3.10. The monoisotopic (exact) mass is 307 g/mol. The van der Waals surface area contributed by atoms with E-state index in [1.54, 1.807) is 18.2 Å². The summed E-state index contributed by atoms with van der Waals surface area (Å²) in [6, 6.07) is 5.10. The Labute approximate surface area is 127 Å². The summed E-state index contributed by atoms with van der Waals surface area (Å²) in [5.41, 5.74) is 1.08. The van der Waals surface area contributed by atoms with Gasteiger partial charge in [-0.25, -0.2) is 9.86 Å². The van der Waals surface area contributed by atoms with Crippen LogP contribution in [0.1, 0.15) is 15.9 Å². The van der Waals surface area contributed by atoms with E-state index < -0.39 is 5.97 Å². The predicted octanol–water partition coefficient (Wildman–Crippen LogP) is 0.771.